The van der Waals surface area contributed by atoms with E-state index in [0.717, 1.165) is 110 Å². The Balaban J connectivity index is 0.000000119. The van der Waals surface area contributed by atoms with Crippen molar-refractivity contribution in [3.63, 3.8) is 0 Å². The third-order valence-electron chi connectivity index (χ3n) is 23.4. The third kappa shape index (κ3) is 12.2. The van der Waals surface area contributed by atoms with Crippen molar-refractivity contribution in [2.45, 2.75) is 0 Å². The van der Waals surface area contributed by atoms with Gasteiger partial charge < -0.3 is 27.5 Å². The highest BCUT2D eigenvalue weighted by molar-refractivity contribution is 9.10. The van der Waals surface area contributed by atoms with Gasteiger partial charge in [0.15, 0.2) is 0 Å². The van der Waals surface area contributed by atoms with Crippen LogP contribution < -0.4 is 0 Å². The number of benzene rings is 18. The molecular weight excluding hydrogens is 1510 g/mol. The smallest absolute Gasteiger partial charge is 0.143 e. The molecular formula is C112H73BrN4O2. The van der Waals surface area contributed by atoms with E-state index in [-0.39, 0.29) is 0 Å². The van der Waals surface area contributed by atoms with Gasteiger partial charge >= 0.3 is 0 Å². The zero-order chi connectivity index (χ0) is 78.9. The number of halogens is 1. The van der Waals surface area contributed by atoms with Crippen molar-refractivity contribution in [2.75, 3.05) is 0 Å². The van der Waals surface area contributed by atoms with Gasteiger partial charge in [-0.3, -0.25) is 0 Å². The van der Waals surface area contributed by atoms with E-state index in [0.29, 0.717) is 0 Å². The van der Waals surface area contributed by atoms with E-state index in [2.05, 4.69) is 465 Å². The van der Waals surface area contributed by atoms with E-state index < -0.39 is 0 Å². The third-order valence-corrected chi connectivity index (χ3v) is 24.0. The van der Waals surface area contributed by atoms with Crippen LogP contribution in [0.15, 0.2) is 450 Å². The van der Waals surface area contributed by atoms with Crippen molar-refractivity contribution in [3.05, 3.63) is 441 Å². The van der Waals surface area contributed by atoms with E-state index in [1.165, 1.54) is 110 Å². The van der Waals surface area contributed by atoms with Crippen molar-refractivity contribution >= 4 is 125 Å². The van der Waals surface area contributed by atoms with Crippen molar-refractivity contribution in [1.29, 1.82) is 0 Å². The zero-order valence-corrected chi connectivity index (χ0v) is 66.2. The molecule has 0 bridgehead atoms. The van der Waals surface area contributed by atoms with Crippen LogP contribution in [-0.4, -0.2) is 18.7 Å². The normalized spacial score (nSPS) is 11.6. The monoisotopic (exact) mass is 1580 g/mol. The Kier molecular flexibility index (Phi) is 17.6. The minimum Gasteiger partial charge on any atom is -0.455 e. The van der Waals surface area contributed by atoms with Crippen molar-refractivity contribution in [2.24, 2.45) is 0 Å². The number of nitrogens with one attached hydrogen (secondary N) is 1. The van der Waals surface area contributed by atoms with Crippen LogP contribution >= 0.6 is 15.9 Å². The Morgan fingerprint density at radius 2 is 0.513 bits per heavy atom. The number of H-pyrrole nitrogens is 1. The number of aromatic amines is 1. The molecule has 0 spiro atoms. The summed E-state index contributed by atoms with van der Waals surface area (Å²) < 4.78 is 21.7. The van der Waals surface area contributed by atoms with Gasteiger partial charge in [-0.25, -0.2) is 0 Å². The largest absolute Gasteiger partial charge is 0.455 e. The summed E-state index contributed by atoms with van der Waals surface area (Å²) in [4.78, 5) is 3.75. The van der Waals surface area contributed by atoms with E-state index in [4.69, 9.17) is 8.83 Å². The molecule has 1 N–H and O–H groups in total. The Morgan fingerprint density at radius 3 is 0.958 bits per heavy atom. The molecule has 119 heavy (non-hydrogen) atoms. The van der Waals surface area contributed by atoms with Crippen molar-refractivity contribution in [1.82, 2.24) is 18.7 Å². The highest BCUT2D eigenvalue weighted by Crippen LogP contribution is 2.51. The molecule has 0 radical (unpaired) electrons. The first-order valence-corrected chi connectivity index (χ1v) is 41.2. The molecule has 0 atom stereocenters. The van der Waals surface area contributed by atoms with Gasteiger partial charge in [-0.15, -0.1) is 0 Å². The summed E-state index contributed by atoms with van der Waals surface area (Å²) >= 11 is 3.51. The van der Waals surface area contributed by atoms with E-state index in [1.807, 2.05) is 6.07 Å². The van der Waals surface area contributed by atoms with E-state index in [1.54, 1.807) is 0 Å². The molecule has 24 rings (SSSR count). The lowest BCUT2D eigenvalue weighted by atomic mass is 9.98. The SMILES string of the molecule is Brc1ccc(-c2cccc3c2oc2c(-c4ccccc4)cccc23)cc1.c1ccc(-c2c(-c3ccccc3)n(-c3ccccc3)c3c2ccc2c4ccccc4[nH]c23)cc1.c1ccc(-c2c(-c3ccccc3)n(-c3ccccc3)c3c2ccc2c4ccccc4n(-c4ccc(-c5cccc6c5oc5c(-c7ccccc7)cccc56)cc4)c23)cc1. The van der Waals surface area contributed by atoms with Gasteiger partial charge in [0.05, 0.1) is 39.0 Å². The lowest BCUT2D eigenvalue weighted by Crippen LogP contribution is -2.00. The number of hydrogen-bond donors (Lipinski definition) is 1. The number of rotatable bonds is 11. The van der Waals surface area contributed by atoms with Crippen LogP contribution in [0.25, 0.3) is 216 Å². The lowest BCUT2D eigenvalue weighted by molar-refractivity contribution is 0.670. The van der Waals surface area contributed by atoms with Gasteiger partial charge in [-0.05, 0) is 105 Å². The van der Waals surface area contributed by atoms with E-state index >= 15 is 0 Å². The molecule has 0 saturated heterocycles. The summed E-state index contributed by atoms with van der Waals surface area (Å²) in [7, 11) is 0. The van der Waals surface area contributed by atoms with Crippen LogP contribution in [0.2, 0.25) is 0 Å². The van der Waals surface area contributed by atoms with Crippen LogP contribution in [-0.2, 0) is 0 Å². The summed E-state index contributed by atoms with van der Waals surface area (Å²) in [6, 6.07) is 155. The topological polar surface area (TPSA) is 56.9 Å². The molecule has 24 aromatic rings. The predicted octanol–water partition coefficient (Wildman–Crippen LogP) is 31.6. The molecule has 18 aromatic carbocycles. The average Bonchev–Trinajstić information content (AvgIpc) is 1.53. The number of aromatic nitrogens is 4. The zero-order valence-electron chi connectivity index (χ0n) is 64.6. The van der Waals surface area contributed by atoms with Gasteiger partial charge in [0.2, 0.25) is 0 Å². The van der Waals surface area contributed by atoms with Gasteiger partial charge in [0.1, 0.15) is 22.3 Å². The molecule has 0 aliphatic carbocycles. The fourth-order valence-corrected chi connectivity index (χ4v) is 18.4. The van der Waals surface area contributed by atoms with Gasteiger partial charge in [0, 0.05) is 114 Å². The molecule has 7 heteroatoms. The minimum atomic E-state index is 0.903. The standard InChI is InChI=1S/C56H36N2O.C32H22N2.C24H15BrO/c1-5-17-37(18-6-1)43-26-15-28-47-48-29-16-27-44(56(48)59-55(43)47)38-31-33-42(34-32-38)57-50-30-14-13-25-45(50)46-35-36-49-51(39-19-7-2-8-20-39)52(40-21-9-3-10-22-40)58(54(49)53(46)57)41-23-11-4-12-24-41;1-4-12-22(13-5-1)29-27-21-20-26-25-18-10-11-19-28(25)33-30(26)32(27)34(24-16-8-3-9-17-24)31(29)23-14-6-2-7-15-23;25-18-14-12-17(13-15-18)20-9-5-11-22-21-10-4-8-19(23(21)26-24(20)22)16-6-2-1-3-7-16/h1-36H;1-21,33H;1-15H. The lowest BCUT2D eigenvalue weighted by Gasteiger charge is -2.15. The van der Waals surface area contributed by atoms with Crippen LogP contribution in [0.5, 0.6) is 0 Å². The summed E-state index contributed by atoms with van der Waals surface area (Å²) in [5, 5.41) is 11.9. The maximum atomic E-state index is 6.82. The Bertz CT molecular complexity index is 7910. The molecule has 6 aromatic heterocycles. The van der Waals surface area contributed by atoms with Gasteiger partial charge in [0.25, 0.3) is 0 Å². The summed E-state index contributed by atoms with van der Waals surface area (Å²) in [5.74, 6) is 0. The van der Waals surface area contributed by atoms with Crippen LogP contribution in [0.3, 0.4) is 0 Å². The Hall–Kier alpha value is -15.3. The minimum absolute atomic E-state index is 0.903. The Morgan fingerprint density at radius 1 is 0.202 bits per heavy atom. The fourth-order valence-electron chi connectivity index (χ4n) is 18.2. The fraction of sp³-hybridized carbons (Fsp3) is 0. The first-order chi connectivity index (χ1) is 59.0. The molecule has 560 valence electrons. The van der Waals surface area contributed by atoms with Crippen LogP contribution in [0.1, 0.15) is 0 Å². The highest BCUT2D eigenvalue weighted by atomic mass is 79.9. The average molecular weight is 1590 g/mol. The maximum absolute atomic E-state index is 6.82. The molecule has 0 aliphatic rings. The molecule has 0 saturated carbocycles. The second-order valence-corrected chi connectivity index (χ2v) is 31.2. The number of fused-ring (bicyclic) bond motifs is 16. The second kappa shape index (κ2) is 29.8. The highest BCUT2D eigenvalue weighted by Gasteiger charge is 2.29. The molecule has 0 unspecified atom stereocenters. The van der Waals surface area contributed by atoms with Gasteiger partial charge in [-0.2, -0.15) is 0 Å². The van der Waals surface area contributed by atoms with Crippen molar-refractivity contribution < 1.29 is 8.83 Å². The molecule has 6 heterocycles. The van der Waals surface area contributed by atoms with Crippen LogP contribution in [0, 0.1) is 0 Å². The molecule has 0 amide bonds. The molecule has 0 aliphatic heterocycles. The molecule has 0 fully saturated rings. The van der Waals surface area contributed by atoms with E-state index in [9.17, 15) is 0 Å². The van der Waals surface area contributed by atoms with Crippen LogP contribution in [0.4, 0.5) is 0 Å². The number of para-hydroxylation sites is 8. The maximum Gasteiger partial charge on any atom is 0.143 e. The summed E-state index contributed by atoms with van der Waals surface area (Å²) in [5.41, 5.74) is 32.7. The summed E-state index contributed by atoms with van der Waals surface area (Å²) in [6.07, 6.45) is 0. The van der Waals surface area contributed by atoms with Gasteiger partial charge in [-0.1, -0.05) is 392 Å². The second-order valence-electron chi connectivity index (χ2n) is 30.2. The predicted molar refractivity (Wildman–Crippen MR) is 502 cm³/mol. The summed E-state index contributed by atoms with van der Waals surface area (Å²) in [6.45, 7) is 0. The quantitative estimate of drug-likeness (QED) is 0.140. The number of nitrogens with zero attached hydrogens (tertiary/aromatic N) is 3. The molecule has 6 nitrogen and oxygen atoms in total. The first kappa shape index (κ1) is 70.4. The Labute approximate surface area is 695 Å². The van der Waals surface area contributed by atoms with Crippen molar-refractivity contribution in [3.8, 4) is 106 Å². The number of furan rings is 2. The first-order valence-electron chi connectivity index (χ1n) is 40.4. The number of hydrogen-bond acceptors (Lipinski definition) is 2.